The normalized spacial score (nSPS) is 19.8. The van der Waals surface area contributed by atoms with E-state index in [1.54, 1.807) is 18.3 Å². The van der Waals surface area contributed by atoms with Crippen molar-refractivity contribution in [1.82, 2.24) is 20.1 Å². The second-order valence-electron chi connectivity index (χ2n) is 7.40. The van der Waals surface area contributed by atoms with E-state index in [9.17, 15) is 9.18 Å². The van der Waals surface area contributed by atoms with E-state index in [1.165, 1.54) is 12.1 Å². The zero-order valence-electron chi connectivity index (χ0n) is 15.5. The Balaban J connectivity index is 1.28. The number of nitrogens with one attached hydrogen (secondary N) is 1. The van der Waals surface area contributed by atoms with Gasteiger partial charge in [0, 0.05) is 37.8 Å². The minimum absolute atomic E-state index is 0.0837. The fourth-order valence-corrected chi connectivity index (χ4v) is 3.35. The number of benzene rings is 1. The topological polar surface area (TPSA) is 61.6 Å². The average molecular weight is 372 g/mol. The molecule has 0 bridgehead atoms. The standard InChI is InChI=1S/C20H25FN4O2/c1-14(20(26)23-17-6-7-17)25-10-8-24(9-11-25)13-19-22-12-18(27-19)15-2-4-16(21)5-3-15/h2-5,12,14,17H,6-11,13H2,1H3,(H,23,26). The number of piperazine rings is 1. The molecule has 1 aliphatic carbocycles. The lowest BCUT2D eigenvalue weighted by Crippen LogP contribution is -2.53. The smallest absolute Gasteiger partial charge is 0.237 e. The zero-order chi connectivity index (χ0) is 18.8. The zero-order valence-corrected chi connectivity index (χ0v) is 15.5. The molecule has 1 aliphatic heterocycles. The number of hydrogen-bond acceptors (Lipinski definition) is 5. The molecule has 1 amide bonds. The predicted molar refractivity (Wildman–Crippen MR) is 99.4 cm³/mol. The molecule has 1 unspecified atom stereocenters. The lowest BCUT2D eigenvalue weighted by molar-refractivity contribution is -0.126. The van der Waals surface area contributed by atoms with E-state index in [0.29, 0.717) is 24.2 Å². The molecule has 4 rings (SSSR count). The van der Waals surface area contributed by atoms with Gasteiger partial charge in [0.2, 0.25) is 11.8 Å². The number of carbonyl (C=O) groups is 1. The lowest BCUT2D eigenvalue weighted by Gasteiger charge is -2.36. The Hall–Kier alpha value is -2.25. The van der Waals surface area contributed by atoms with Gasteiger partial charge in [0.1, 0.15) is 5.82 Å². The highest BCUT2D eigenvalue weighted by Crippen LogP contribution is 2.22. The molecule has 0 radical (unpaired) electrons. The molecule has 1 saturated heterocycles. The third kappa shape index (κ3) is 4.54. The van der Waals surface area contributed by atoms with Crippen molar-refractivity contribution in [1.29, 1.82) is 0 Å². The summed E-state index contributed by atoms with van der Waals surface area (Å²) >= 11 is 0. The first-order valence-electron chi connectivity index (χ1n) is 9.56. The molecular weight excluding hydrogens is 347 g/mol. The third-order valence-electron chi connectivity index (χ3n) is 5.30. The van der Waals surface area contributed by atoms with Gasteiger partial charge in [-0.1, -0.05) is 0 Å². The number of hydrogen-bond donors (Lipinski definition) is 1. The first-order valence-corrected chi connectivity index (χ1v) is 9.56. The first kappa shape index (κ1) is 18.1. The van der Waals surface area contributed by atoms with Gasteiger partial charge in [-0.05, 0) is 44.0 Å². The lowest BCUT2D eigenvalue weighted by atomic mass is 10.2. The van der Waals surface area contributed by atoms with Crippen molar-refractivity contribution in [3.05, 3.63) is 42.2 Å². The first-order chi connectivity index (χ1) is 13.1. The minimum Gasteiger partial charge on any atom is -0.439 e. The fourth-order valence-electron chi connectivity index (χ4n) is 3.35. The Labute approximate surface area is 158 Å². The Morgan fingerprint density at radius 1 is 1.26 bits per heavy atom. The number of carbonyl (C=O) groups excluding carboxylic acids is 1. The molecule has 27 heavy (non-hydrogen) atoms. The van der Waals surface area contributed by atoms with Gasteiger partial charge < -0.3 is 9.73 Å². The molecule has 1 aromatic carbocycles. The van der Waals surface area contributed by atoms with Crippen LogP contribution in [0, 0.1) is 5.82 Å². The maximum atomic E-state index is 13.0. The van der Waals surface area contributed by atoms with E-state index in [1.807, 2.05) is 6.92 Å². The molecule has 1 N–H and O–H groups in total. The summed E-state index contributed by atoms with van der Waals surface area (Å²) in [5.74, 6) is 1.18. The molecule has 1 aromatic heterocycles. The molecule has 2 fully saturated rings. The molecule has 2 aromatic rings. The molecule has 0 spiro atoms. The summed E-state index contributed by atoms with van der Waals surface area (Å²) in [4.78, 5) is 21.1. The van der Waals surface area contributed by atoms with Crippen molar-refractivity contribution in [2.45, 2.75) is 38.4 Å². The molecule has 1 atom stereocenters. The van der Waals surface area contributed by atoms with E-state index in [-0.39, 0.29) is 17.8 Å². The van der Waals surface area contributed by atoms with E-state index in [0.717, 1.165) is 44.6 Å². The molecule has 2 aliphatic rings. The molecule has 1 saturated carbocycles. The van der Waals surface area contributed by atoms with Gasteiger partial charge in [-0.3, -0.25) is 14.6 Å². The summed E-state index contributed by atoms with van der Waals surface area (Å²) in [6, 6.07) is 6.52. The summed E-state index contributed by atoms with van der Waals surface area (Å²) in [6.07, 6.45) is 3.91. The number of amides is 1. The van der Waals surface area contributed by atoms with Crippen LogP contribution < -0.4 is 5.32 Å². The van der Waals surface area contributed by atoms with E-state index < -0.39 is 0 Å². The molecule has 2 heterocycles. The number of halogens is 1. The summed E-state index contributed by atoms with van der Waals surface area (Å²) < 4.78 is 18.9. The molecule has 6 nitrogen and oxygen atoms in total. The monoisotopic (exact) mass is 372 g/mol. The second kappa shape index (κ2) is 7.78. The van der Waals surface area contributed by atoms with E-state index >= 15 is 0 Å². The summed E-state index contributed by atoms with van der Waals surface area (Å²) in [6.45, 7) is 6.06. The van der Waals surface area contributed by atoms with E-state index in [2.05, 4.69) is 20.1 Å². The largest absolute Gasteiger partial charge is 0.439 e. The quantitative estimate of drug-likeness (QED) is 0.843. The van der Waals surface area contributed by atoms with Crippen molar-refractivity contribution < 1.29 is 13.6 Å². The fraction of sp³-hybridized carbons (Fsp3) is 0.500. The molecule has 144 valence electrons. The van der Waals surface area contributed by atoms with Gasteiger partial charge in [0.25, 0.3) is 0 Å². The minimum atomic E-state index is -0.267. The van der Waals surface area contributed by atoms with Gasteiger partial charge in [-0.15, -0.1) is 0 Å². The molecule has 7 heteroatoms. The maximum absolute atomic E-state index is 13.0. The van der Waals surface area contributed by atoms with Crippen molar-refractivity contribution in [3.63, 3.8) is 0 Å². The van der Waals surface area contributed by atoms with Gasteiger partial charge in [0.15, 0.2) is 5.76 Å². The third-order valence-corrected chi connectivity index (χ3v) is 5.30. The summed E-state index contributed by atoms with van der Waals surface area (Å²) in [5, 5.41) is 3.08. The average Bonchev–Trinajstić information content (AvgIpc) is 3.37. The van der Waals surface area contributed by atoms with Crippen LogP contribution in [0.5, 0.6) is 0 Å². The Morgan fingerprint density at radius 3 is 2.63 bits per heavy atom. The number of oxazole rings is 1. The van der Waals surface area contributed by atoms with Gasteiger partial charge in [-0.25, -0.2) is 9.37 Å². The van der Waals surface area contributed by atoms with Crippen molar-refractivity contribution in [2.24, 2.45) is 0 Å². The summed E-state index contributed by atoms with van der Waals surface area (Å²) in [7, 11) is 0. The van der Waals surface area contributed by atoms with Gasteiger partial charge >= 0.3 is 0 Å². The van der Waals surface area contributed by atoms with Crippen LogP contribution in [0.3, 0.4) is 0 Å². The predicted octanol–water partition coefficient (Wildman–Crippen LogP) is 2.27. The van der Waals surface area contributed by atoms with E-state index in [4.69, 9.17) is 4.42 Å². The Morgan fingerprint density at radius 2 is 1.96 bits per heavy atom. The SMILES string of the molecule is CC(C(=O)NC1CC1)N1CCN(Cc2ncc(-c3ccc(F)cc3)o2)CC1. The van der Waals surface area contributed by atoms with Crippen molar-refractivity contribution >= 4 is 5.91 Å². The van der Waals surface area contributed by atoms with Gasteiger partial charge in [-0.2, -0.15) is 0 Å². The molecular formula is C20H25FN4O2. The van der Waals surface area contributed by atoms with Crippen LogP contribution >= 0.6 is 0 Å². The van der Waals surface area contributed by atoms with Crippen LogP contribution in [0.1, 0.15) is 25.7 Å². The van der Waals surface area contributed by atoms with Crippen LogP contribution in [0.15, 0.2) is 34.9 Å². The number of rotatable bonds is 6. The summed E-state index contributed by atoms with van der Waals surface area (Å²) in [5.41, 5.74) is 0.815. The highest BCUT2D eigenvalue weighted by Gasteiger charge is 2.30. The second-order valence-corrected chi connectivity index (χ2v) is 7.40. The van der Waals surface area contributed by atoms with Crippen LogP contribution in [-0.2, 0) is 11.3 Å². The van der Waals surface area contributed by atoms with Crippen LogP contribution in [0.25, 0.3) is 11.3 Å². The van der Waals surface area contributed by atoms with Crippen molar-refractivity contribution in [2.75, 3.05) is 26.2 Å². The highest BCUT2D eigenvalue weighted by molar-refractivity contribution is 5.81. The Bertz CT molecular complexity index is 780. The van der Waals surface area contributed by atoms with Crippen LogP contribution in [0.4, 0.5) is 4.39 Å². The number of aromatic nitrogens is 1. The van der Waals surface area contributed by atoms with Crippen LogP contribution in [-0.4, -0.2) is 59.0 Å². The maximum Gasteiger partial charge on any atom is 0.237 e. The van der Waals surface area contributed by atoms with Crippen LogP contribution in [0.2, 0.25) is 0 Å². The van der Waals surface area contributed by atoms with Crippen molar-refractivity contribution in [3.8, 4) is 11.3 Å². The Kier molecular flexibility index (Phi) is 5.22. The highest BCUT2D eigenvalue weighted by atomic mass is 19.1. The van der Waals surface area contributed by atoms with Gasteiger partial charge in [0.05, 0.1) is 18.8 Å². The number of nitrogens with zero attached hydrogens (tertiary/aromatic N) is 3.